The van der Waals surface area contributed by atoms with E-state index in [2.05, 4.69) is 0 Å². The fraction of sp³-hybridized carbons (Fsp3) is 0.615. The van der Waals surface area contributed by atoms with Gasteiger partial charge in [0.1, 0.15) is 10.6 Å². The maximum atomic E-state index is 12.0. The zero-order valence-corrected chi connectivity index (χ0v) is 11.5. The lowest BCUT2D eigenvalue weighted by molar-refractivity contribution is -0.149. The summed E-state index contributed by atoms with van der Waals surface area (Å²) in [6.07, 6.45) is 7.57. The van der Waals surface area contributed by atoms with Crippen molar-refractivity contribution in [2.45, 2.75) is 32.8 Å². The van der Waals surface area contributed by atoms with Crippen LogP contribution < -0.4 is 0 Å². The number of carbonyl (C=O) groups excluding carboxylic acids is 1. The molecule has 17 heavy (non-hydrogen) atoms. The van der Waals surface area contributed by atoms with Gasteiger partial charge < -0.3 is 4.74 Å². The predicted octanol–water partition coefficient (Wildman–Crippen LogP) is 3.84. The Bertz CT molecular complexity index is 381. The summed E-state index contributed by atoms with van der Waals surface area (Å²) >= 11 is 11.3. The molecule has 0 aromatic rings. The lowest BCUT2D eigenvalue weighted by Crippen LogP contribution is -2.17. The van der Waals surface area contributed by atoms with Crippen LogP contribution in [0.3, 0.4) is 0 Å². The molecule has 3 unspecified atom stereocenters. The van der Waals surface area contributed by atoms with E-state index in [4.69, 9.17) is 27.9 Å². The SMILES string of the molecule is CC1(C)C(C=C(Cl)Cl)C1C(=O)OC1C=CCC1. The third kappa shape index (κ3) is 2.69. The molecule has 0 spiro atoms. The monoisotopic (exact) mass is 274 g/mol. The smallest absolute Gasteiger partial charge is 0.310 e. The van der Waals surface area contributed by atoms with Gasteiger partial charge in [-0.1, -0.05) is 43.1 Å². The van der Waals surface area contributed by atoms with Crippen LogP contribution in [0, 0.1) is 17.3 Å². The van der Waals surface area contributed by atoms with E-state index in [0.717, 1.165) is 12.8 Å². The third-order valence-electron chi connectivity index (χ3n) is 3.71. The van der Waals surface area contributed by atoms with Crippen LogP contribution in [0.4, 0.5) is 0 Å². The Hall–Kier alpha value is -0.470. The lowest BCUT2D eigenvalue weighted by atomic mass is 10.1. The lowest BCUT2D eigenvalue weighted by Gasteiger charge is -2.10. The van der Waals surface area contributed by atoms with Crippen molar-refractivity contribution >= 4 is 29.2 Å². The number of carbonyl (C=O) groups is 1. The van der Waals surface area contributed by atoms with E-state index in [1.807, 2.05) is 26.0 Å². The largest absolute Gasteiger partial charge is 0.458 e. The number of esters is 1. The van der Waals surface area contributed by atoms with Gasteiger partial charge in [-0.05, 0) is 36.3 Å². The van der Waals surface area contributed by atoms with Crippen LogP contribution in [0.1, 0.15) is 26.7 Å². The molecule has 1 saturated carbocycles. The highest BCUT2D eigenvalue weighted by Gasteiger charge is 2.61. The average molecular weight is 275 g/mol. The Balaban J connectivity index is 1.96. The minimum atomic E-state index is -0.137. The third-order valence-corrected chi connectivity index (χ3v) is 3.96. The van der Waals surface area contributed by atoms with Gasteiger partial charge >= 0.3 is 5.97 Å². The molecular weight excluding hydrogens is 259 g/mol. The highest BCUT2D eigenvalue weighted by Crippen LogP contribution is 2.60. The predicted molar refractivity (Wildman–Crippen MR) is 68.8 cm³/mol. The van der Waals surface area contributed by atoms with Gasteiger partial charge in [-0.25, -0.2) is 0 Å². The normalized spacial score (nSPS) is 33.3. The molecule has 0 aromatic carbocycles. The van der Waals surface area contributed by atoms with Crippen LogP contribution in [0.5, 0.6) is 0 Å². The molecule has 0 N–H and O–H groups in total. The fourth-order valence-electron chi connectivity index (χ4n) is 2.50. The van der Waals surface area contributed by atoms with Crippen molar-refractivity contribution in [2.24, 2.45) is 17.3 Å². The van der Waals surface area contributed by atoms with E-state index >= 15 is 0 Å². The summed E-state index contributed by atoms with van der Waals surface area (Å²) in [7, 11) is 0. The molecule has 2 rings (SSSR count). The highest BCUT2D eigenvalue weighted by atomic mass is 35.5. The molecule has 0 radical (unpaired) electrons. The molecule has 1 fully saturated rings. The van der Waals surface area contributed by atoms with E-state index in [9.17, 15) is 4.79 Å². The zero-order valence-electron chi connectivity index (χ0n) is 9.95. The Morgan fingerprint density at radius 1 is 1.47 bits per heavy atom. The molecule has 0 saturated heterocycles. The summed E-state index contributed by atoms with van der Waals surface area (Å²) < 4.78 is 5.66. The minimum Gasteiger partial charge on any atom is -0.458 e. The standard InChI is InChI=1S/C13H16Cl2O2/c1-13(2)9(7-10(14)15)11(13)12(16)17-8-5-3-4-6-8/h3,5,7-9,11H,4,6H2,1-2H3. The van der Waals surface area contributed by atoms with Crippen LogP contribution in [0.25, 0.3) is 0 Å². The number of hydrogen-bond donors (Lipinski definition) is 0. The molecule has 94 valence electrons. The van der Waals surface area contributed by atoms with Crippen LogP contribution >= 0.6 is 23.2 Å². The molecular formula is C13H16Cl2O2. The molecule has 2 aliphatic carbocycles. The van der Waals surface area contributed by atoms with Crippen molar-refractivity contribution in [3.8, 4) is 0 Å². The van der Waals surface area contributed by atoms with Gasteiger partial charge in [-0.3, -0.25) is 4.79 Å². The summed E-state index contributed by atoms with van der Waals surface area (Å²) in [5.41, 5.74) is -0.103. The van der Waals surface area contributed by atoms with Crippen molar-refractivity contribution in [3.63, 3.8) is 0 Å². The molecule has 3 atom stereocenters. The van der Waals surface area contributed by atoms with Crippen molar-refractivity contribution in [1.29, 1.82) is 0 Å². The molecule has 0 aliphatic heterocycles. The molecule has 0 aromatic heterocycles. The van der Waals surface area contributed by atoms with Crippen molar-refractivity contribution in [3.05, 3.63) is 22.7 Å². The highest BCUT2D eigenvalue weighted by molar-refractivity contribution is 6.55. The molecule has 4 heteroatoms. The summed E-state index contributed by atoms with van der Waals surface area (Å²) in [4.78, 5) is 12.0. The van der Waals surface area contributed by atoms with Crippen molar-refractivity contribution in [2.75, 3.05) is 0 Å². The fourth-order valence-corrected chi connectivity index (χ4v) is 2.77. The quantitative estimate of drug-likeness (QED) is 0.578. The van der Waals surface area contributed by atoms with Crippen LogP contribution in [0.15, 0.2) is 22.7 Å². The average Bonchev–Trinajstić information content (AvgIpc) is 2.64. The summed E-state index contributed by atoms with van der Waals surface area (Å²) in [5, 5.41) is 0. The molecule has 2 nitrogen and oxygen atoms in total. The number of hydrogen-bond acceptors (Lipinski definition) is 2. The maximum Gasteiger partial charge on any atom is 0.310 e. The first kappa shape index (κ1) is 13.0. The van der Waals surface area contributed by atoms with E-state index in [1.54, 1.807) is 6.08 Å². The Morgan fingerprint density at radius 2 is 2.18 bits per heavy atom. The van der Waals surface area contributed by atoms with Crippen LogP contribution in [-0.2, 0) is 9.53 Å². The summed E-state index contributed by atoms with van der Waals surface area (Å²) in [6, 6.07) is 0. The number of ether oxygens (including phenoxy) is 1. The number of halogens is 2. The Morgan fingerprint density at radius 3 is 2.71 bits per heavy atom. The van der Waals surface area contributed by atoms with E-state index in [0.29, 0.717) is 0 Å². The topological polar surface area (TPSA) is 26.3 Å². The minimum absolute atomic E-state index is 0.0463. The Kier molecular flexibility index (Phi) is 3.55. The van der Waals surface area contributed by atoms with Gasteiger partial charge in [0.15, 0.2) is 0 Å². The first-order chi connectivity index (χ1) is 7.93. The van der Waals surface area contributed by atoms with Gasteiger partial charge in [-0.15, -0.1) is 0 Å². The van der Waals surface area contributed by atoms with Gasteiger partial charge in [-0.2, -0.15) is 0 Å². The van der Waals surface area contributed by atoms with Crippen molar-refractivity contribution < 1.29 is 9.53 Å². The van der Waals surface area contributed by atoms with Crippen LogP contribution in [-0.4, -0.2) is 12.1 Å². The first-order valence-electron chi connectivity index (χ1n) is 5.83. The molecule has 0 heterocycles. The van der Waals surface area contributed by atoms with Gasteiger partial charge in [0, 0.05) is 0 Å². The van der Waals surface area contributed by atoms with E-state index in [-0.39, 0.29) is 33.8 Å². The van der Waals surface area contributed by atoms with E-state index < -0.39 is 0 Å². The second kappa shape index (κ2) is 4.66. The maximum absolute atomic E-state index is 12.0. The first-order valence-corrected chi connectivity index (χ1v) is 6.58. The second-order valence-electron chi connectivity index (χ2n) is 5.26. The zero-order chi connectivity index (χ0) is 12.6. The van der Waals surface area contributed by atoms with Gasteiger partial charge in [0.2, 0.25) is 0 Å². The molecule has 2 aliphatic rings. The van der Waals surface area contributed by atoms with E-state index in [1.165, 1.54) is 0 Å². The summed E-state index contributed by atoms with van der Waals surface area (Å²) in [6.45, 7) is 4.06. The van der Waals surface area contributed by atoms with Crippen LogP contribution in [0.2, 0.25) is 0 Å². The Labute approximate surface area is 112 Å². The van der Waals surface area contributed by atoms with Gasteiger partial charge in [0.25, 0.3) is 0 Å². The molecule has 0 amide bonds. The van der Waals surface area contributed by atoms with Crippen molar-refractivity contribution in [1.82, 2.24) is 0 Å². The van der Waals surface area contributed by atoms with Gasteiger partial charge in [0.05, 0.1) is 5.92 Å². The number of allylic oxidation sites excluding steroid dienone is 2. The number of rotatable bonds is 3. The summed E-state index contributed by atoms with van der Waals surface area (Å²) in [5.74, 6) is -0.170. The second-order valence-corrected chi connectivity index (χ2v) is 6.27. The molecule has 0 bridgehead atoms.